The van der Waals surface area contributed by atoms with Crippen molar-refractivity contribution in [1.82, 2.24) is 10.3 Å². The molecule has 168 valence electrons. The van der Waals surface area contributed by atoms with Gasteiger partial charge in [0.05, 0.1) is 11.7 Å². The molecule has 0 fully saturated rings. The maximum atomic E-state index is 12.9. The Hall–Kier alpha value is -3.49. The number of pyridine rings is 1. The van der Waals surface area contributed by atoms with Gasteiger partial charge in [-0.05, 0) is 39.0 Å². The van der Waals surface area contributed by atoms with Gasteiger partial charge in [-0.2, -0.15) is 0 Å². The fourth-order valence-corrected chi connectivity index (χ4v) is 3.87. The van der Waals surface area contributed by atoms with Gasteiger partial charge in [0.25, 0.3) is 0 Å². The van der Waals surface area contributed by atoms with Crippen LogP contribution in [-0.4, -0.2) is 23.0 Å². The van der Waals surface area contributed by atoms with E-state index in [1.807, 2.05) is 25.1 Å². The van der Waals surface area contributed by atoms with Crippen molar-refractivity contribution in [3.05, 3.63) is 59.9 Å². The van der Waals surface area contributed by atoms with E-state index in [9.17, 15) is 18.0 Å². The van der Waals surface area contributed by atoms with Gasteiger partial charge in [-0.1, -0.05) is 24.3 Å². The Morgan fingerprint density at radius 3 is 2.72 bits per heavy atom. The van der Waals surface area contributed by atoms with Crippen LogP contribution >= 0.6 is 0 Å². The summed E-state index contributed by atoms with van der Waals surface area (Å²) in [6, 6.07) is 10.5. The van der Waals surface area contributed by atoms with E-state index in [2.05, 4.69) is 20.4 Å². The highest BCUT2D eigenvalue weighted by atomic mass is 19.4. The fourth-order valence-electron chi connectivity index (χ4n) is 3.87. The lowest BCUT2D eigenvalue weighted by atomic mass is 9.89. The lowest BCUT2D eigenvalue weighted by Gasteiger charge is -2.38. The summed E-state index contributed by atoms with van der Waals surface area (Å²) in [5.74, 6) is -0.467. The molecule has 4 rings (SSSR count). The zero-order chi connectivity index (χ0) is 23.1. The minimum Gasteiger partial charge on any atom is -0.483 e. The topological polar surface area (TPSA) is 72.5 Å². The number of carbonyl (C=O) groups excluding carboxylic acids is 1. The lowest BCUT2D eigenvalue weighted by molar-refractivity contribution is -0.275. The lowest BCUT2D eigenvalue weighted by Crippen LogP contribution is -2.42. The standard InChI is InChI=1S/C23H22F3N3O3/c1-13-10-16-14(12-27-13)6-4-8-17(16)28-21(30)29-18-11-22(2,3)32-20-15(18)7-5-9-19(20)31-23(24,25)26/h4-10,12,18H,11H2,1-3H3,(H2,28,29,30)/t18-/m1/s1. The Balaban J connectivity index is 1.61. The molecule has 2 amide bonds. The molecule has 1 aliphatic heterocycles. The maximum Gasteiger partial charge on any atom is 0.573 e. The van der Waals surface area contributed by atoms with Gasteiger partial charge in [-0.3, -0.25) is 4.98 Å². The van der Waals surface area contributed by atoms with Crippen LogP contribution in [0.2, 0.25) is 0 Å². The second kappa shape index (κ2) is 7.89. The molecule has 0 saturated carbocycles. The molecule has 0 radical (unpaired) electrons. The third-order valence-corrected chi connectivity index (χ3v) is 5.14. The third-order valence-electron chi connectivity index (χ3n) is 5.14. The molecule has 1 atom stereocenters. The Morgan fingerprint density at radius 2 is 1.97 bits per heavy atom. The predicted octanol–water partition coefficient (Wildman–Crippen LogP) is 5.87. The van der Waals surface area contributed by atoms with E-state index >= 15 is 0 Å². The first-order valence-electron chi connectivity index (χ1n) is 10.0. The van der Waals surface area contributed by atoms with Crippen molar-refractivity contribution in [2.24, 2.45) is 0 Å². The first-order valence-corrected chi connectivity index (χ1v) is 10.0. The number of alkyl halides is 3. The molecule has 0 bridgehead atoms. The number of nitrogens with one attached hydrogen (secondary N) is 2. The SMILES string of the molecule is Cc1cc2c(NC(=O)N[C@@H]3CC(C)(C)Oc4c(OC(F)(F)F)cccc43)cccc2cn1. The minimum atomic E-state index is -4.86. The predicted molar refractivity (Wildman–Crippen MR) is 114 cm³/mol. The molecule has 0 unspecified atom stereocenters. The number of nitrogens with zero attached hydrogens (tertiary/aromatic N) is 1. The maximum absolute atomic E-state index is 12.9. The van der Waals surface area contributed by atoms with Gasteiger partial charge in [0, 0.05) is 34.6 Å². The van der Waals surface area contributed by atoms with Crippen LogP contribution in [-0.2, 0) is 0 Å². The monoisotopic (exact) mass is 445 g/mol. The summed E-state index contributed by atoms with van der Waals surface area (Å²) in [4.78, 5) is 17.1. The number of urea groups is 1. The first-order chi connectivity index (χ1) is 15.0. The van der Waals surface area contributed by atoms with Crippen molar-refractivity contribution < 1.29 is 27.4 Å². The Bertz CT molecular complexity index is 1180. The van der Waals surface area contributed by atoms with E-state index in [-0.39, 0.29) is 5.75 Å². The number of ether oxygens (including phenoxy) is 2. The summed E-state index contributed by atoms with van der Waals surface area (Å²) in [6.45, 7) is 5.35. The number of hydrogen-bond donors (Lipinski definition) is 2. The zero-order valence-corrected chi connectivity index (χ0v) is 17.7. The molecule has 32 heavy (non-hydrogen) atoms. The number of benzene rings is 2. The second-order valence-corrected chi connectivity index (χ2v) is 8.29. The Morgan fingerprint density at radius 1 is 1.22 bits per heavy atom. The molecule has 0 saturated heterocycles. The molecule has 3 aromatic rings. The summed E-state index contributed by atoms with van der Waals surface area (Å²) < 4.78 is 48.5. The number of rotatable bonds is 3. The van der Waals surface area contributed by atoms with Crippen LogP contribution in [0.1, 0.15) is 37.6 Å². The van der Waals surface area contributed by atoms with Gasteiger partial charge in [0.2, 0.25) is 0 Å². The molecule has 9 heteroatoms. The normalized spacial score (nSPS) is 17.2. The van der Waals surface area contributed by atoms with Gasteiger partial charge in [0.1, 0.15) is 5.60 Å². The van der Waals surface area contributed by atoms with E-state index in [1.165, 1.54) is 12.1 Å². The summed E-state index contributed by atoms with van der Waals surface area (Å²) in [7, 11) is 0. The first kappa shape index (κ1) is 21.7. The molecule has 2 heterocycles. The van der Waals surface area contributed by atoms with Crippen molar-refractivity contribution in [3.8, 4) is 11.5 Å². The van der Waals surface area contributed by atoms with Crippen LogP contribution < -0.4 is 20.1 Å². The van der Waals surface area contributed by atoms with Gasteiger partial charge >= 0.3 is 12.4 Å². The van der Waals surface area contributed by atoms with Crippen LogP contribution in [0.15, 0.2) is 48.7 Å². The number of fused-ring (bicyclic) bond motifs is 2. The molecule has 1 aromatic heterocycles. The molecule has 2 N–H and O–H groups in total. The highest BCUT2D eigenvalue weighted by molar-refractivity contribution is 6.01. The van der Waals surface area contributed by atoms with Crippen LogP contribution in [0, 0.1) is 6.92 Å². The molecular weight excluding hydrogens is 423 g/mol. The number of aryl methyl sites for hydroxylation is 1. The summed E-state index contributed by atoms with van der Waals surface area (Å²) >= 11 is 0. The number of anilines is 1. The average Bonchev–Trinajstić information content (AvgIpc) is 2.67. The number of para-hydroxylation sites is 1. The highest BCUT2D eigenvalue weighted by Gasteiger charge is 2.39. The number of halogens is 3. The molecule has 1 aliphatic rings. The third kappa shape index (κ3) is 4.71. The number of hydrogen-bond acceptors (Lipinski definition) is 4. The van der Waals surface area contributed by atoms with E-state index in [0.717, 1.165) is 16.5 Å². The van der Waals surface area contributed by atoms with Gasteiger partial charge in [0.15, 0.2) is 11.5 Å². The average molecular weight is 445 g/mol. The van der Waals surface area contributed by atoms with Gasteiger partial charge in [-0.25, -0.2) is 4.79 Å². The largest absolute Gasteiger partial charge is 0.573 e. The van der Waals surface area contributed by atoms with E-state index in [1.54, 1.807) is 32.2 Å². The second-order valence-electron chi connectivity index (χ2n) is 8.29. The Kier molecular flexibility index (Phi) is 5.36. The zero-order valence-electron chi connectivity index (χ0n) is 17.7. The van der Waals surface area contributed by atoms with Gasteiger partial charge < -0.3 is 20.1 Å². The van der Waals surface area contributed by atoms with E-state index < -0.39 is 29.8 Å². The minimum absolute atomic E-state index is 0.0294. The van der Waals surface area contributed by atoms with Gasteiger partial charge in [-0.15, -0.1) is 13.2 Å². The molecule has 0 aliphatic carbocycles. The summed E-state index contributed by atoms with van der Waals surface area (Å²) in [6.07, 6.45) is -2.77. The quantitative estimate of drug-likeness (QED) is 0.529. The molecule has 2 aromatic carbocycles. The fraction of sp³-hybridized carbons (Fsp3) is 0.304. The summed E-state index contributed by atoms with van der Waals surface area (Å²) in [5.41, 5.74) is 1.01. The summed E-state index contributed by atoms with van der Waals surface area (Å²) in [5, 5.41) is 7.42. The van der Waals surface area contributed by atoms with Crippen LogP contribution in [0.3, 0.4) is 0 Å². The van der Waals surface area contributed by atoms with Crippen LogP contribution in [0.25, 0.3) is 10.8 Å². The number of carbonyl (C=O) groups is 1. The molecule has 0 spiro atoms. The van der Waals surface area contributed by atoms with Crippen molar-refractivity contribution in [1.29, 1.82) is 0 Å². The Labute approximate surface area is 182 Å². The van der Waals surface area contributed by atoms with Crippen LogP contribution in [0.5, 0.6) is 11.5 Å². The highest BCUT2D eigenvalue weighted by Crippen LogP contribution is 2.46. The number of amides is 2. The van der Waals surface area contributed by atoms with Crippen molar-refractivity contribution in [2.45, 2.75) is 45.2 Å². The van der Waals surface area contributed by atoms with Crippen LogP contribution in [0.4, 0.5) is 23.7 Å². The van der Waals surface area contributed by atoms with E-state index in [0.29, 0.717) is 17.7 Å². The smallest absolute Gasteiger partial charge is 0.483 e. The molecule has 6 nitrogen and oxygen atoms in total. The van der Waals surface area contributed by atoms with Crippen molar-refractivity contribution in [3.63, 3.8) is 0 Å². The van der Waals surface area contributed by atoms with E-state index in [4.69, 9.17) is 4.74 Å². The molecular formula is C23H22F3N3O3. The number of aromatic nitrogens is 1. The van der Waals surface area contributed by atoms with Crippen molar-refractivity contribution >= 4 is 22.5 Å². The van der Waals surface area contributed by atoms with Crippen molar-refractivity contribution in [2.75, 3.05) is 5.32 Å².